The molecule has 0 aromatic carbocycles. The minimum absolute atomic E-state index is 0.0920. The topological polar surface area (TPSA) is 89.5 Å². The van der Waals surface area contributed by atoms with E-state index >= 15 is 0 Å². The highest BCUT2D eigenvalue weighted by Crippen LogP contribution is 2.27. The number of thiazole rings is 1. The van der Waals surface area contributed by atoms with Crippen LogP contribution < -0.4 is 10.1 Å². The molecule has 1 saturated heterocycles. The highest BCUT2D eigenvalue weighted by atomic mass is 32.1. The fraction of sp³-hybridized carbons (Fsp3) is 0.556. The van der Waals surface area contributed by atoms with Crippen molar-refractivity contribution in [3.8, 4) is 16.7 Å². The van der Waals surface area contributed by atoms with E-state index in [1.165, 1.54) is 37.7 Å². The van der Waals surface area contributed by atoms with Gasteiger partial charge in [0.2, 0.25) is 5.88 Å². The van der Waals surface area contributed by atoms with Crippen molar-refractivity contribution in [2.24, 2.45) is 0 Å². The summed E-state index contributed by atoms with van der Waals surface area (Å²) in [6, 6.07) is 2.27. The minimum atomic E-state index is -0.333. The molecule has 2 aliphatic rings. The number of aromatic nitrogens is 3. The summed E-state index contributed by atoms with van der Waals surface area (Å²) in [4.78, 5) is 26.6. The summed E-state index contributed by atoms with van der Waals surface area (Å²) in [7, 11) is 1.38. The van der Waals surface area contributed by atoms with Gasteiger partial charge in [-0.3, -0.25) is 0 Å². The van der Waals surface area contributed by atoms with Crippen LogP contribution in [0.25, 0.3) is 10.8 Å². The largest absolute Gasteiger partial charge is 0.470 e. The lowest BCUT2D eigenvalue weighted by Gasteiger charge is -2.37. The average molecular weight is 389 g/mol. The van der Waals surface area contributed by atoms with Crippen molar-refractivity contribution < 1.29 is 14.3 Å². The predicted molar refractivity (Wildman–Crippen MR) is 102 cm³/mol. The lowest BCUT2D eigenvalue weighted by atomic mass is 9.95. The number of rotatable bonds is 5. The highest BCUT2D eigenvalue weighted by Gasteiger charge is 2.33. The standard InChI is InChI=1S/C18H23N5O3S/c1-25-18(24)23-10-13(11-23)26-15-9-14(20-12-5-3-2-4-6-12)21-16(22-15)17-19-7-8-27-17/h7-9,12-13H,2-6,10-11H2,1H3,(H,20,21,22). The third-order valence-electron chi connectivity index (χ3n) is 4.85. The lowest BCUT2D eigenvalue weighted by Crippen LogP contribution is -2.56. The van der Waals surface area contributed by atoms with Crippen molar-refractivity contribution in [3.05, 3.63) is 17.6 Å². The first-order chi connectivity index (χ1) is 13.2. The molecule has 3 heterocycles. The lowest BCUT2D eigenvalue weighted by molar-refractivity contribution is 0.0161. The summed E-state index contributed by atoms with van der Waals surface area (Å²) >= 11 is 1.50. The molecule has 8 nitrogen and oxygen atoms in total. The zero-order chi connectivity index (χ0) is 18.6. The number of likely N-dealkylation sites (tertiary alicyclic amines) is 1. The number of nitrogens with one attached hydrogen (secondary N) is 1. The van der Waals surface area contributed by atoms with Crippen molar-refractivity contribution in [1.82, 2.24) is 19.9 Å². The molecule has 0 atom stereocenters. The third-order valence-corrected chi connectivity index (χ3v) is 5.62. The van der Waals surface area contributed by atoms with Gasteiger partial charge in [-0.1, -0.05) is 19.3 Å². The van der Waals surface area contributed by atoms with Gasteiger partial charge >= 0.3 is 6.09 Å². The molecule has 2 fully saturated rings. The number of carbonyl (C=O) groups excluding carboxylic acids is 1. The first-order valence-corrected chi connectivity index (χ1v) is 10.1. The molecular formula is C18H23N5O3S. The monoisotopic (exact) mass is 389 g/mol. The summed E-state index contributed by atoms with van der Waals surface area (Å²) in [5.74, 6) is 1.83. The Balaban J connectivity index is 1.49. The van der Waals surface area contributed by atoms with Crippen LogP contribution in [0, 0.1) is 0 Å². The Hall–Kier alpha value is -2.42. The van der Waals surface area contributed by atoms with Gasteiger partial charge in [-0.05, 0) is 12.8 Å². The zero-order valence-electron chi connectivity index (χ0n) is 15.3. The fourth-order valence-electron chi connectivity index (χ4n) is 3.41. The number of methoxy groups -OCH3 is 1. The Morgan fingerprint density at radius 3 is 2.78 bits per heavy atom. The minimum Gasteiger partial charge on any atom is -0.470 e. The van der Waals surface area contributed by atoms with Crippen LogP contribution >= 0.6 is 11.3 Å². The zero-order valence-corrected chi connectivity index (χ0v) is 16.1. The van der Waals surface area contributed by atoms with E-state index in [0.717, 1.165) is 23.7 Å². The number of ether oxygens (including phenoxy) is 2. The Labute approximate surface area is 161 Å². The maximum absolute atomic E-state index is 11.5. The van der Waals surface area contributed by atoms with Crippen LogP contribution in [-0.4, -0.2) is 58.3 Å². The van der Waals surface area contributed by atoms with Gasteiger partial charge in [0.15, 0.2) is 10.8 Å². The molecule has 0 spiro atoms. The van der Waals surface area contributed by atoms with Crippen LogP contribution in [0.2, 0.25) is 0 Å². The molecule has 1 aliphatic heterocycles. The van der Waals surface area contributed by atoms with E-state index in [9.17, 15) is 4.79 Å². The average Bonchev–Trinajstić information content (AvgIpc) is 3.19. The van der Waals surface area contributed by atoms with Crippen LogP contribution in [0.15, 0.2) is 17.6 Å². The molecule has 1 saturated carbocycles. The maximum Gasteiger partial charge on any atom is 0.409 e. The molecule has 0 unspecified atom stereocenters. The third kappa shape index (κ3) is 4.29. The van der Waals surface area contributed by atoms with Crippen LogP contribution in [0.1, 0.15) is 32.1 Å². The van der Waals surface area contributed by atoms with E-state index in [4.69, 9.17) is 9.47 Å². The SMILES string of the molecule is COC(=O)N1CC(Oc2cc(NC3CCCCC3)nc(-c3nccs3)n2)C1. The Kier molecular flexibility index (Phi) is 5.38. The number of anilines is 1. The molecule has 9 heteroatoms. The normalized spacial score (nSPS) is 18.0. The van der Waals surface area contributed by atoms with E-state index in [1.807, 2.05) is 11.4 Å². The second-order valence-corrected chi connectivity index (χ2v) is 7.74. The molecule has 1 aliphatic carbocycles. The molecule has 0 bridgehead atoms. The van der Waals surface area contributed by atoms with Gasteiger partial charge in [-0.25, -0.2) is 14.8 Å². The van der Waals surface area contributed by atoms with Crippen molar-refractivity contribution in [3.63, 3.8) is 0 Å². The van der Waals surface area contributed by atoms with Gasteiger partial charge in [0, 0.05) is 23.7 Å². The maximum atomic E-state index is 11.5. The Morgan fingerprint density at radius 2 is 2.07 bits per heavy atom. The van der Waals surface area contributed by atoms with Crippen LogP contribution in [0.3, 0.4) is 0 Å². The Morgan fingerprint density at radius 1 is 1.26 bits per heavy atom. The summed E-state index contributed by atoms with van der Waals surface area (Å²) in [5, 5.41) is 6.19. The van der Waals surface area contributed by atoms with Gasteiger partial charge in [-0.15, -0.1) is 11.3 Å². The van der Waals surface area contributed by atoms with E-state index in [0.29, 0.717) is 30.8 Å². The number of amides is 1. The molecule has 2 aromatic rings. The smallest absolute Gasteiger partial charge is 0.409 e. The Bertz CT molecular complexity index is 773. The number of nitrogens with zero attached hydrogens (tertiary/aromatic N) is 4. The molecule has 27 heavy (non-hydrogen) atoms. The molecule has 4 rings (SSSR count). The molecule has 1 N–H and O–H groups in total. The first kappa shape index (κ1) is 18.0. The first-order valence-electron chi connectivity index (χ1n) is 9.26. The van der Waals surface area contributed by atoms with Crippen molar-refractivity contribution >= 4 is 23.2 Å². The summed E-state index contributed by atoms with van der Waals surface area (Å²) in [6.07, 6.45) is 7.43. The number of hydrogen-bond donors (Lipinski definition) is 1. The summed E-state index contributed by atoms with van der Waals surface area (Å²) in [5.41, 5.74) is 0. The second-order valence-electron chi connectivity index (χ2n) is 6.85. The molecular weight excluding hydrogens is 366 g/mol. The van der Waals surface area contributed by atoms with E-state index in [1.54, 1.807) is 11.1 Å². The van der Waals surface area contributed by atoms with E-state index < -0.39 is 0 Å². The molecule has 144 valence electrons. The van der Waals surface area contributed by atoms with Gasteiger partial charge in [-0.2, -0.15) is 4.98 Å². The van der Waals surface area contributed by atoms with Crippen LogP contribution in [0.5, 0.6) is 5.88 Å². The van der Waals surface area contributed by atoms with Crippen LogP contribution in [0.4, 0.5) is 10.6 Å². The van der Waals surface area contributed by atoms with E-state index in [2.05, 4.69) is 20.3 Å². The van der Waals surface area contributed by atoms with Gasteiger partial charge < -0.3 is 19.7 Å². The number of hydrogen-bond acceptors (Lipinski definition) is 8. The van der Waals surface area contributed by atoms with E-state index in [-0.39, 0.29) is 12.2 Å². The predicted octanol–water partition coefficient (Wildman–Crippen LogP) is 3.17. The highest BCUT2D eigenvalue weighted by molar-refractivity contribution is 7.13. The molecule has 2 aromatic heterocycles. The van der Waals surface area contributed by atoms with Gasteiger partial charge in [0.05, 0.1) is 20.2 Å². The van der Waals surface area contributed by atoms with Crippen molar-refractivity contribution in [2.75, 3.05) is 25.5 Å². The number of carbonyl (C=O) groups is 1. The quantitative estimate of drug-likeness (QED) is 0.840. The second kappa shape index (κ2) is 8.08. The van der Waals surface area contributed by atoms with Crippen LogP contribution in [-0.2, 0) is 4.74 Å². The summed E-state index contributed by atoms with van der Waals surface area (Å²) < 4.78 is 10.7. The van der Waals surface area contributed by atoms with Gasteiger partial charge in [0.1, 0.15) is 11.9 Å². The fourth-order valence-corrected chi connectivity index (χ4v) is 3.98. The van der Waals surface area contributed by atoms with Crippen molar-refractivity contribution in [1.29, 1.82) is 0 Å². The molecule has 1 amide bonds. The molecule has 0 radical (unpaired) electrons. The summed E-state index contributed by atoms with van der Waals surface area (Å²) in [6.45, 7) is 0.989. The van der Waals surface area contributed by atoms with Gasteiger partial charge in [0.25, 0.3) is 0 Å². The van der Waals surface area contributed by atoms with Crippen molar-refractivity contribution in [2.45, 2.75) is 44.2 Å².